The van der Waals surface area contributed by atoms with Crippen molar-refractivity contribution in [1.82, 2.24) is 39.3 Å². The molecule has 9 nitrogen and oxygen atoms in total. The first kappa shape index (κ1) is 17.8. The number of pyridine rings is 1. The van der Waals surface area contributed by atoms with E-state index in [0.717, 1.165) is 5.75 Å². The topological polar surface area (TPSA) is 107 Å². The van der Waals surface area contributed by atoms with Gasteiger partial charge in [-0.25, -0.2) is 10.1 Å². The van der Waals surface area contributed by atoms with Gasteiger partial charge in [0.25, 0.3) is 11.3 Å². The van der Waals surface area contributed by atoms with Gasteiger partial charge in [-0.05, 0) is 17.9 Å². The zero-order valence-electron chi connectivity index (χ0n) is 15.1. The van der Waals surface area contributed by atoms with E-state index >= 15 is 0 Å². The van der Waals surface area contributed by atoms with Crippen molar-refractivity contribution in [1.29, 1.82) is 0 Å². The molecule has 0 aliphatic heterocycles. The van der Waals surface area contributed by atoms with E-state index in [4.69, 9.17) is 11.6 Å². The lowest BCUT2D eigenvalue weighted by Gasteiger charge is -2.11. The lowest BCUT2D eigenvalue weighted by Crippen LogP contribution is -2.21. The van der Waals surface area contributed by atoms with Crippen molar-refractivity contribution < 1.29 is 0 Å². The molecule has 0 radical (unpaired) electrons. The Labute approximate surface area is 172 Å². The van der Waals surface area contributed by atoms with Crippen LogP contribution >= 0.6 is 23.4 Å². The van der Waals surface area contributed by atoms with Crippen molar-refractivity contribution in [2.75, 3.05) is 5.75 Å². The number of aromatic nitrogens is 8. The Balaban J connectivity index is 1.86. The summed E-state index contributed by atoms with van der Waals surface area (Å²) in [5.41, 5.74) is 1.36. The first-order chi connectivity index (χ1) is 14.2. The van der Waals surface area contributed by atoms with Crippen LogP contribution in [-0.4, -0.2) is 45.1 Å². The summed E-state index contributed by atoms with van der Waals surface area (Å²) in [4.78, 5) is 26.5. The van der Waals surface area contributed by atoms with Crippen LogP contribution in [-0.2, 0) is 0 Å². The Morgan fingerprint density at radius 3 is 2.90 bits per heavy atom. The first-order valence-electron chi connectivity index (χ1n) is 8.73. The van der Waals surface area contributed by atoms with Crippen LogP contribution in [0.4, 0.5) is 0 Å². The van der Waals surface area contributed by atoms with E-state index in [2.05, 4.69) is 30.2 Å². The number of hydrogen-bond donors (Lipinski definition) is 1. The number of hydrogen-bond acceptors (Lipinski definition) is 7. The highest BCUT2D eigenvalue weighted by Gasteiger charge is 2.20. The lowest BCUT2D eigenvalue weighted by atomic mass is 10.1. The fourth-order valence-corrected chi connectivity index (χ4v) is 3.88. The van der Waals surface area contributed by atoms with Crippen LogP contribution in [0.25, 0.3) is 33.9 Å². The summed E-state index contributed by atoms with van der Waals surface area (Å²) in [7, 11) is 0. The van der Waals surface area contributed by atoms with E-state index in [1.54, 1.807) is 18.3 Å². The quantitative estimate of drug-likeness (QED) is 0.442. The first-order valence-corrected chi connectivity index (χ1v) is 10.1. The van der Waals surface area contributed by atoms with E-state index < -0.39 is 0 Å². The maximum Gasteiger partial charge on any atom is 0.269 e. The predicted molar refractivity (Wildman–Crippen MR) is 111 cm³/mol. The molecule has 0 fully saturated rings. The minimum Gasteiger partial charge on any atom is -0.268 e. The highest BCUT2D eigenvalue weighted by molar-refractivity contribution is 7.99. The Kier molecular flexibility index (Phi) is 4.29. The molecule has 0 saturated heterocycles. The van der Waals surface area contributed by atoms with Gasteiger partial charge < -0.3 is 0 Å². The summed E-state index contributed by atoms with van der Waals surface area (Å²) >= 11 is 7.94. The number of aromatic amines is 1. The Morgan fingerprint density at radius 2 is 2.07 bits per heavy atom. The van der Waals surface area contributed by atoms with E-state index in [1.165, 1.54) is 27.2 Å². The van der Waals surface area contributed by atoms with Gasteiger partial charge in [0, 0.05) is 16.8 Å². The van der Waals surface area contributed by atoms with Crippen LogP contribution < -0.4 is 5.56 Å². The van der Waals surface area contributed by atoms with Gasteiger partial charge in [-0.3, -0.25) is 9.36 Å². The van der Waals surface area contributed by atoms with Crippen LogP contribution in [0.15, 0.2) is 52.8 Å². The van der Waals surface area contributed by atoms with Crippen LogP contribution in [0.5, 0.6) is 0 Å². The molecule has 1 aromatic carbocycles. The molecule has 0 aliphatic rings. The Hall–Kier alpha value is -3.24. The minimum atomic E-state index is -0.313. The molecule has 144 valence electrons. The van der Waals surface area contributed by atoms with Gasteiger partial charge >= 0.3 is 0 Å². The summed E-state index contributed by atoms with van der Waals surface area (Å²) in [6, 6.07) is 9.01. The molecular formula is C18H13ClN8OS. The highest BCUT2D eigenvalue weighted by atomic mass is 35.5. The molecule has 0 unspecified atom stereocenters. The van der Waals surface area contributed by atoms with Crippen LogP contribution in [0, 0.1) is 0 Å². The molecule has 29 heavy (non-hydrogen) atoms. The second-order valence-electron chi connectivity index (χ2n) is 6.04. The number of fused-ring (bicyclic) bond motifs is 2. The predicted octanol–water partition coefficient (Wildman–Crippen LogP) is 2.98. The van der Waals surface area contributed by atoms with Gasteiger partial charge in [0.1, 0.15) is 6.33 Å². The van der Waals surface area contributed by atoms with Crippen molar-refractivity contribution in [3.63, 3.8) is 0 Å². The smallest absolute Gasteiger partial charge is 0.268 e. The maximum atomic E-state index is 13.5. The van der Waals surface area contributed by atoms with Crippen LogP contribution in [0.1, 0.15) is 6.92 Å². The molecule has 0 spiro atoms. The molecule has 5 aromatic rings. The zero-order valence-corrected chi connectivity index (χ0v) is 16.6. The normalized spacial score (nSPS) is 11.5. The fourth-order valence-electron chi connectivity index (χ4n) is 3.13. The molecule has 0 saturated carbocycles. The van der Waals surface area contributed by atoms with Crippen LogP contribution in [0.3, 0.4) is 0 Å². The average Bonchev–Trinajstić information content (AvgIpc) is 3.37. The Morgan fingerprint density at radius 1 is 1.21 bits per heavy atom. The van der Waals surface area contributed by atoms with Crippen molar-refractivity contribution in [2.24, 2.45) is 0 Å². The zero-order chi connectivity index (χ0) is 20.0. The molecule has 5 rings (SSSR count). The van der Waals surface area contributed by atoms with Crippen molar-refractivity contribution in [2.45, 2.75) is 12.1 Å². The number of nitrogens with zero attached hydrogens (tertiary/aromatic N) is 7. The summed E-state index contributed by atoms with van der Waals surface area (Å²) in [6.07, 6.45) is 3.01. The fraction of sp³-hybridized carbons (Fsp3) is 0.111. The maximum absolute atomic E-state index is 13.5. The van der Waals surface area contributed by atoms with Gasteiger partial charge in [-0.2, -0.15) is 19.6 Å². The number of rotatable bonds is 4. The van der Waals surface area contributed by atoms with Crippen molar-refractivity contribution in [3.8, 4) is 17.2 Å². The third-order valence-corrected chi connectivity index (χ3v) is 5.41. The van der Waals surface area contributed by atoms with Crippen LogP contribution in [0.2, 0.25) is 5.02 Å². The standard InChI is InChI=1S/C18H13ClN8OS/c1-2-29-18-23-17(24-25-18)26-8-7-12-13(15(26)28)14(10-5-3-4-6-11(10)19)27-16(22-12)20-9-21-27/h3-9H,2H2,1H3,(H,23,24,25). The summed E-state index contributed by atoms with van der Waals surface area (Å²) in [5, 5.41) is 12.6. The molecule has 11 heteroatoms. The van der Waals surface area contributed by atoms with Gasteiger partial charge in [0.15, 0.2) is 0 Å². The molecule has 0 bridgehead atoms. The molecule has 0 aliphatic carbocycles. The molecule has 1 N–H and O–H groups in total. The third-order valence-electron chi connectivity index (χ3n) is 4.35. The Bertz CT molecular complexity index is 1420. The number of thioether (sulfide) groups is 1. The van der Waals surface area contributed by atoms with Gasteiger partial charge in [-0.15, -0.1) is 5.10 Å². The number of halogens is 1. The van der Waals surface area contributed by atoms with E-state index in [0.29, 0.717) is 44.1 Å². The van der Waals surface area contributed by atoms with Gasteiger partial charge in [0.2, 0.25) is 11.1 Å². The molecular weight excluding hydrogens is 412 g/mol. The molecule has 0 amide bonds. The number of benzene rings is 1. The lowest BCUT2D eigenvalue weighted by molar-refractivity contribution is 0.895. The second kappa shape index (κ2) is 6.98. The van der Waals surface area contributed by atoms with E-state index in [9.17, 15) is 4.79 Å². The number of nitrogens with one attached hydrogen (secondary N) is 1. The largest absolute Gasteiger partial charge is 0.269 e. The minimum absolute atomic E-state index is 0.313. The van der Waals surface area contributed by atoms with E-state index in [-0.39, 0.29) is 5.56 Å². The average molecular weight is 425 g/mol. The molecule has 4 aromatic heterocycles. The highest BCUT2D eigenvalue weighted by Crippen LogP contribution is 2.31. The monoisotopic (exact) mass is 424 g/mol. The number of H-pyrrole nitrogens is 1. The molecule has 0 atom stereocenters. The van der Waals surface area contributed by atoms with Gasteiger partial charge in [0.05, 0.1) is 16.6 Å². The second-order valence-corrected chi connectivity index (χ2v) is 7.68. The summed E-state index contributed by atoms with van der Waals surface area (Å²) in [6.45, 7) is 2.01. The van der Waals surface area contributed by atoms with E-state index in [1.807, 2.05) is 25.1 Å². The SMILES string of the molecule is CCSc1n[nH]c(-n2ccc3nc4ncnn4c(-c4ccccc4Cl)c3c2=O)n1. The van der Waals surface area contributed by atoms with Crippen molar-refractivity contribution in [3.05, 3.63) is 58.2 Å². The molecule has 4 heterocycles. The summed E-state index contributed by atoms with van der Waals surface area (Å²) in [5.74, 6) is 1.54. The van der Waals surface area contributed by atoms with Gasteiger partial charge in [-0.1, -0.05) is 48.5 Å². The van der Waals surface area contributed by atoms with Crippen molar-refractivity contribution >= 4 is 40.0 Å². The third kappa shape index (κ3) is 2.88. The summed E-state index contributed by atoms with van der Waals surface area (Å²) < 4.78 is 2.92.